The Bertz CT molecular complexity index is 565. The summed E-state index contributed by atoms with van der Waals surface area (Å²) in [5.41, 5.74) is 5.72. The normalized spacial score (nSPS) is 20.8. The van der Waals surface area contributed by atoms with Crippen molar-refractivity contribution in [2.45, 2.75) is 25.3 Å². The highest BCUT2D eigenvalue weighted by Crippen LogP contribution is 2.39. The largest absolute Gasteiger partial charge is 0.385 e. The van der Waals surface area contributed by atoms with E-state index in [4.69, 9.17) is 0 Å². The minimum absolute atomic E-state index is 0.522. The molecule has 2 aliphatic rings. The summed E-state index contributed by atoms with van der Waals surface area (Å²) in [7, 11) is 0. The number of anilines is 2. The van der Waals surface area contributed by atoms with E-state index < -0.39 is 0 Å². The van der Waals surface area contributed by atoms with Gasteiger partial charge in [-0.3, -0.25) is 0 Å². The van der Waals surface area contributed by atoms with Gasteiger partial charge in [0.25, 0.3) is 0 Å². The Hall–Kier alpha value is -1.96. The van der Waals surface area contributed by atoms with Crippen LogP contribution in [-0.4, -0.2) is 13.1 Å². The van der Waals surface area contributed by atoms with Crippen molar-refractivity contribution >= 4 is 11.4 Å². The number of hydrogen-bond donors (Lipinski definition) is 1. The standard InChI is InChI=1S/C18H20N2/c1-4-10-17-14(6-1)7-5-13-20(17)18-11-12-19-16-9-3-2-8-15(16)18/h1-4,6,8-10,18-19H,5,7,11-13H2. The van der Waals surface area contributed by atoms with Gasteiger partial charge in [-0.05, 0) is 42.5 Å². The van der Waals surface area contributed by atoms with E-state index in [0.29, 0.717) is 6.04 Å². The summed E-state index contributed by atoms with van der Waals surface area (Å²) in [5.74, 6) is 0. The van der Waals surface area contributed by atoms with E-state index in [-0.39, 0.29) is 0 Å². The third-order valence-electron chi connectivity index (χ3n) is 4.58. The van der Waals surface area contributed by atoms with E-state index in [9.17, 15) is 0 Å². The maximum absolute atomic E-state index is 3.53. The minimum atomic E-state index is 0.522. The molecule has 0 saturated heterocycles. The Labute approximate surface area is 120 Å². The zero-order valence-electron chi connectivity index (χ0n) is 11.7. The van der Waals surface area contributed by atoms with Gasteiger partial charge in [-0.25, -0.2) is 0 Å². The van der Waals surface area contributed by atoms with Crippen LogP contribution in [0.1, 0.15) is 30.0 Å². The Morgan fingerprint density at radius 1 is 1.00 bits per heavy atom. The predicted octanol–water partition coefficient (Wildman–Crippen LogP) is 4.00. The maximum atomic E-state index is 3.53. The zero-order valence-corrected chi connectivity index (χ0v) is 11.7. The third kappa shape index (κ3) is 1.87. The van der Waals surface area contributed by atoms with E-state index in [1.165, 1.54) is 48.3 Å². The van der Waals surface area contributed by atoms with E-state index in [1.807, 2.05) is 0 Å². The van der Waals surface area contributed by atoms with Gasteiger partial charge in [0.2, 0.25) is 0 Å². The van der Waals surface area contributed by atoms with Crippen LogP contribution in [0.2, 0.25) is 0 Å². The molecule has 2 aliphatic heterocycles. The average molecular weight is 264 g/mol. The van der Waals surface area contributed by atoms with Gasteiger partial charge in [-0.2, -0.15) is 0 Å². The molecule has 4 rings (SSSR count). The zero-order chi connectivity index (χ0) is 13.4. The molecule has 0 bridgehead atoms. The van der Waals surface area contributed by atoms with Gasteiger partial charge in [-0.15, -0.1) is 0 Å². The Balaban J connectivity index is 1.77. The van der Waals surface area contributed by atoms with Crippen LogP contribution in [0.3, 0.4) is 0 Å². The van der Waals surface area contributed by atoms with Crippen molar-refractivity contribution in [3.63, 3.8) is 0 Å². The summed E-state index contributed by atoms with van der Waals surface area (Å²) in [4.78, 5) is 2.62. The SMILES string of the molecule is c1ccc2c(c1)CCCN2C1CCNc2ccccc21. The molecule has 1 unspecified atom stereocenters. The molecule has 2 nitrogen and oxygen atoms in total. The summed E-state index contributed by atoms with van der Waals surface area (Å²) in [6, 6.07) is 18.2. The smallest absolute Gasteiger partial charge is 0.0579 e. The Kier molecular flexibility index (Phi) is 2.87. The highest BCUT2D eigenvalue weighted by molar-refractivity contribution is 5.62. The van der Waals surface area contributed by atoms with Crippen molar-refractivity contribution < 1.29 is 0 Å². The van der Waals surface area contributed by atoms with Gasteiger partial charge in [-0.1, -0.05) is 36.4 Å². The second kappa shape index (κ2) is 4.86. The van der Waals surface area contributed by atoms with Crippen LogP contribution in [0, 0.1) is 0 Å². The number of aryl methyl sites for hydroxylation is 1. The van der Waals surface area contributed by atoms with Crippen LogP contribution < -0.4 is 10.2 Å². The first kappa shape index (κ1) is 11.8. The molecular formula is C18H20N2. The van der Waals surface area contributed by atoms with Gasteiger partial charge in [0.15, 0.2) is 0 Å². The molecule has 2 heteroatoms. The molecule has 20 heavy (non-hydrogen) atoms. The average Bonchev–Trinajstić information content (AvgIpc) is 2.54. The molecule has 102 valence electrons. The summed E-state index contributed by atoms with van der Waals surface area (Å²) >= 11 is 0. The minimum Gasteiger partial charge on any atom is -0.385 e. The fraction of sp³-hybridized carbons (Fsp3) is 0.333. The molecule has 2 heterocycles. The molecule has 1 atom stereocenters. The van der Waals surface area contributed by atoms with E-state index in [1.54, 1.807) is 0 Å². The molecule has 0 aliphatic carbocycles. The molecule has 2 aromatic rings. The lowest BCUT2D eigenvalue weighted by atomic mass is 9.92. The van der Waals surface area contributed by atoms with Crippen molar-refractivity contribution in [3.05, 3.63) is 59.7 Å². The number of nitrogens with zero attached hydrogens (tertiary/aromatic N) is 1. The molecular weight excluding hydrogens is 244 g/mol. The highest BCUT2D eigenvalue weighted by atomic mass is 15.2. The lowest BCUT2D eigenvalue weighted by Gasteiger charge is -2.41. The lowest BCUT2D eigenvalue weighted by molar-refractivity contribution is 0.549. The first-order valence-corrected chi connectivity index (χ1v) is 7.61. The molecule has 0 spiro atoms. The van der Waals surface area contributed by atoms with Gasteiger partial charge >= 0.3 is 0 Å². The number of fused-ring (bicyclic) bond motifs is 2. The molecule has 0 aromatic heterocycles. The number of hydrogen-bond acceptors (Lipinski definition) is 2. The number of benzene rings is 2. The van der Waals surface area contributed by atoms with Gasteiger partial charge in [0.1, 0.15) is 0 Å². The fourth-order valence-electron chi connectivity index (χ4n) is 3.66. The van der Waals surface area contributed by atoms with Crippen LogP contribution in [-0.2, 0) is 6.42 Å². The number of rotatable bonds is 1. The molecule has 0 amide bonds. The number of para-hydroxylation sites is 2. The first-order chi connectivity index (χ1) is 9.93. The topological polar surface area (TPSA) is 15.3 Å². The second-order valence-electron chi connectivity index (χ2n) is 5.74. The quantitative estimate of drug-likeness (QED) is 0.837. The van der Waals surface area contributed by atoms with Crippen molar-refractivity contribution in [2.24, 2.45) is 0 Å². The second-order valence-corrected chi connectivity index (χ2v) is 5.74. The van der Waals surface area contributed by atoms with Crippen molar-refractivity contribution in [3.8, 4) is 0 Å². The van der Waals surface area contributed by atoms with E-state index >= 15 is 0 Å². The van der Waals surface area contributed by atoms with Crippen LogP contribution in [0.15, 0.2) is 48.5 Å². The Morgan fingerprint density at radius 2 is 1.85 bits per heavy atom. The lowest BCUT2D eigenvalue weighted by Crippen LogP contribution is -2.36. The van der Waals surface area contributed by atoms with Crippen molar-refractivity contribution in [2.75, 3.05) is 23.3 Å². The summed E-state index contributed by atoms with van der Waals surface area (Å²) in [5, 5.41) is 3.53. The summed E-state index contributed by atoms with van der Waals surface area (Å²) < 4.78 is 0. The number of nitrogens with one attached hydrogen (secondary N) is 1. The third-order valence-corrected chi connectivity index (χ3v) is 4.58. The van der Waals surface area contributed by atoms with Gasteiger partial charge in [0, 0.05) is 24.5 Å². The Morgan fingerprint density at radius 3 is 2.85 bits per heavy atom. The van der Waals surface area contributed by atoms with Crippen LogP contribution in [0.4, 0.5) is 11.4 Å². The maximum Gasteiger partial charge on any atom is 0.0579 e. The molecule has 0 fully saturated rings. The fourth-order valence-corrected chi connectivity index (χ4v) is 3.66. The molecule has 0 saturated carbocycles. The molecule has 1 N–H and O–H groups in total. The monoisotopic (exact) mass is 264 g/mol. The van der Waals surface area contributed by atoms with Crippen LogP contribution in [0.5, 0.6) is 0 Å². The van der Waals surface area contributed by atoms with Crippen molar-refractivity contribution in [1.29, 1.82) is 0 Å². The van der Waals surface area contributed by atoms with Gasteiger partial charge < -0.3 is 10.2 Å². The van der Waals surface area contributed by atoms with Crippen LogP contribution in [0.25, 0.3) is 0 Å². The summed E-state index contributed by atoms with van der Waals surface area (Å²) in [6.45, 7) is 2.25. The summed E-state index contributed by atoms with van der Waals surface area (Å²) in [6.07, 6.45) is 3.67. The van der Waals surface area contributed by atoms with E-state index in [0.717, 1.165) is 6.54 Å². The predicted molar refractivity (Wildman–Crippen MR) is 84.4 cm³/mol. The molecule has 2 aromatic carbocycles. The van der Waals surface area contributed by atoms with Gasteiger partial charge in [0.05, 0.1) is 6.04 Å². The van der Waals surface area contributed by atoms with E-state index in [2.05, 4.69) is 58.7 Å². The highest BCUT2D eigenvalue weighted by Gasteiger charge is 2.28. The van der Waals surface area contributed by atoms with Crippen LogP contribution >= 0.6 is 0 Å². The first-order valence-electron chi connectivity index (χ1n) is 7.61. The van der Waals surface area contributed by atoms with Crippen molar-refractivity contribution in [1.82, 2.24) is 0 Å². The molecule has 0 radical (unpaired) electrons.